The molecule has 10 heteroatoms. The maximum Gasteiger partial charge on any atom is 0.306 e. The molecule has 100 heavy (non-hydrogen) atoms. The lowest BCUT2D eigenvalue weighted by Crippen LogP contribution is -2.54. The Balaban J connectivity index is 6.62. The molecule has 0 rings (SSSR count). The van der Waals surface area contributed by atoms with Crippen molar-refractivity contribution in [3.63, 3.8) is 0 Å². The Kier molecular flexibility index (Phi) is 78.5. The molecule has 4 atom stereocenters. The van der Waals surface area contributed by atoms with Crippen molar-refractivity contribution < 1.29 is 38.0 Å². The summed E-state index contributed by atoms with van der Waals surface area (Å²) >= 11 is 0. The smallest absolute Gasteiger partial charge is 0.306 e. The monoisotopic (exact) mass is 1400 g/mol. The minimum atomic E-state index is -0.976. The lowest BCUT2D eigenvalue weighted by molar-refractivity contribution is -0.206. The molecule has 0 aliphatic heterocycles. The van der Waals surface area contributed by atoms with Crippen molar-refractivity contribution in [2.45, 2.75) is 386 Å². The van der Waals surface area contributed by atoms with Crippen LogP contribution in [-0.2, 0) is 38.0 Å². The third-order valence-corrected chi connectivity index (χ3v) is 18.5. The summed E-state index contributed by atoms with van der Waals surface area (Å²) in [7, 11) is 8.10. The Morgan fingerprint density at radius 1 is 0.270 bits per heavy atom. The average Bonchev–Trinajstić information content (AvgIpc) is 0.836. The second kappa shape index (κ2) is 81.3. The van der Waals surface area contributed by atoms with Crippen LogP contribution in [0.5, 0.6) is 0 Å². The van der Waals surface area contributed by atoms with Crippen LogP contribution in [0.15, 0.2) is 97.2 Å². The minimum absolute atomic E-state index is 0.207. The predicted molar refractivity (Wildman–Crippen MR) is 434 cm³/mol. The molecule has 0 saturated heterocycles. The number of ether oxygens (including phenoxy) is 6. The van der Waals surface area contributed by atoms with Crippen LogP contribution in [0.2, 0.25) is 0 Å². The normalized spacial score (nSPS) is 13.7. The Bertz CT molecular complexity index is 1800. The standard InChI is InChI=1S/C90H164N2O8/c1-9-13-17-21-25-29-33-37-41-45-49-53-57-61-65-69-79-95-83-85(97-81-71-67-63-59-55-51-47-43-39-35-31-27-23-19-15-11-3)89(99-87(93)75-73-77-91(5)6)90(100-88(94)76-74-78-92(7)8)86(98-82-72-68-64-60-56-52-48-44-40-36-32-28-24-20-16-12-4)84-96-80-70-66-62-58-54-50-46-42-38-34-30-26-22-18-14-10-2/h25-32,37-44,85-86,89-90H,9-24,33-36,45-84H2,1-8H3/b29-25-,30-26-,31-27-,32-28-,41-37-,42-38-,43-39-,44-40-/t85-,86-,89-,90-/m1/s1. The highest BCUT2D eigenvalue weighted by molar-refractivity contribution is 5.71. The molecule has 10 nitrogen and oxygen atoms in total. The second-order valence-corrected chi connectivity index (χ2v) is 29.0. The van der Waals surface area contributed by atoms with Crippen LogP contribution in [0.3, 0.4) is 0 Å². The highest BCUT2D eigenvalue weighted by atomic mass is 16.6. The van der Waals surface area contributed by atoms with Gasteiger partial charge in [-0.25, -0.2) is 0 Å². The molecular formula is C90H164N2O8. The number of rotatable bonds is 79. The van der Waals surface area contributed by atoms with E-state index in [1.807, 2.05) is 28.2 Å². The molecule has 0 aromatic carbocycles. The summed E-state index contributed by atoms with van der Waals surface area (Å²) in [5.74, 6) is -0.668. The number of nitrogens with zero attached hydrogens (tertiary/aromatic N) is 2. The molecule has 0 aliphatic rings. The molecule has 0 fully saturated rings. The van der Waals surface area contributed by atoms with Crippen molar-refractivity contribution >= 4 is 11.9 Å². The van der Waals surface area contributed by atoms with Crippen LogP contribution in [0.25, 0.3) is 0 Å². The van der Waals surface area contributed by atoms with Crippen LogP contribution >= 0.6 is 0 Å². The fourth-order valence-corrected chi connectivity index (χ4v) is 12.1. The third kappa shape index (κ3) is 73.0. The summed E-state index contributed by atoms with van der Waals surface area (Å²) in [6.45, 7) is 13.1. The number of hydrogen-bond donors (Lipinski definition) is 0. The first kappa shape index (κ1) is 96.6. The van der Waals surface area contributed by atoms with E-state index in [2.05, 4.69) is 135 Å². The fourth-order valence-electron chi connectivity index (χ4n) is 12.1. The number of unbranched alkanes of at least 4 members (excludes halogenated alkanes) is 36. The van der Waals surface area contributed by atoms with E-state index in [0.717, 1.165) is 129 Å². The van der Waals surface area contributed by atoms with Gasteiger partial charge >= 0.3 is 11.9 Å². The SMILES string of the molecule is CCCCC/C=C\C/C=C\CCCCCCCCOC[C@@H](OCCCCCCCC/C=C\C/C=C\CCCCC)[C@@H](OC(=O)CCCN(C)C)[C@H](OC(=O)CCCN(C)C)[C@@H](COCCCCCCCC/C=C\C/C=C\CCCCC)OCCCCCCCC/C=C\C/C=C\CCCCC. The van der Waals surface area contributed by atoms with Gasteiger partial charge in [-0.3, -0.25) is 9.59 Å². The van der Waals surface area contributed by atoms with Crippen LogP contribution in [0, 0.1) is 0 Å². The van der Waals surface area contributed by atoms with E-state index in [0.29, 0.717) is 39.3 Å². The molecule has 0 unspecified atom stereocenters. The first-order valence-corrected chi connectivity index (χ1v) is 42.5. The van der Waals surface area contributed by atoms with Gasteiger partial charge in [0.15, 0.2) is 12.2 Å². The summed E-state index contributed by atoms with van der Waals surface area (Å²) in [4.78, 5) is 32.9. The van der Waals surface area contributed by atoms with Crippen LogP contribution in [0.4, 0.5) is 0 Å². The molecule has 0 saturated carbocycles. The van der Waals surface area contributed by atoms with Gasteiger partial charge in [0.1, 0.15) is 12.2 Å². The zero-order valence-corrected chi connectivity index (χ0v) is 67.1. The van der Waals surface area contributed by atoms with E-state index < -0.39 is 24.4 Å². The number of esters is 2. The number of carbonyl (C=O) groups is 2. The Morgan fingerprint density at radius 2 is 0.490 bits per heavy atom. The van der Waals surface area contributed by atoms with Crippen LogP contribution in [0.1, 0.15) is 362 Å². The summed E-state index contributed by atoms with van der Waals surface area (Å²) in [5.41, 5.74) is 0. The number of hydrogen-bond acceptors (Lipinski definition) is 10. The van der Waals surface area contributed by atoms with Gasteiger partial charge in [-0.05, 0) is 208 Å². The summed E-state index contributed by atoms with van der Waals surface area (Å²) in [5, 5.41) is 0. The first-order valence-electron chi connectivity index (χ1n) is 42.5. The number of carbonyl (C=O) groups excluding carboxylic acids is 2. The Labute approximate surface area is 620 Å². The van der Waals surface area contributed by atoms with Crippen LogP contribution < -0.4 is 0 Å². The minimum Gasteiger partial charge on any atom is -0.455 e. The van der Waals surface area contributed by atoms with Gasteiger partial charge in [0.2, 0.25) is 0 Å². The predicted octanol–water partition coefficient (Wildman–Crippen LogP) is 25.6. The van der Waals surface area contributed by atoms with Crippen molar-refractivity contribution in [2.75, 3.05) is 80.9 Å². The van der Waals surface area contributed by atoms with Gasteiger partial charge in [0, 0.05) is 39.3 Å². The molecule has 582 valence electrons. The highest BCUT2D eigenvalue weighted by Crippen LogP contribution is 2.24. The van der Waals surface area contributed by atoms with Gasteiger partial charge in [-0.2, -0.15) is 0 Å². The Hall–Kier alpha value is -3.38. The highest BCUT2D eigenvalue weighted by Gasteiger charge is 2.42. The molecular weight excluding hydrogens is 1240 g/mol. The quantitative estimate of drug-likeness (QED) is 0.0333. The molecule has 0 aromatic heterocycles. The van der Waals surface area contributed by atoms with Crippen molar-refractivity contribution in [2.24, 2.45) is 0 Å². The van der Waals surface area contributed by atoms with Gasteiger partial charge in [0.25, 0.3) is 0 Å². The van der Waals surface area contributed by atoms with Crippen molar-refractivity contribution in [1.29, 1.82) is 0 Å². The summed E-state index contributed by atoms with van der Waals surface area (Å²) < 4.78 is 40.6. The molecule has 0 aliphatic carbocycles. The molecule has 0 heterocycles. The lowest BCUT2D eigenvalue weighted by Gasteiger charge is -2.37. The first-order chi connectivity index (χ1) is 49.2. The van der Waals surface area contributed by atoms with Gasteiger partial charge in [0.05, 0.1) is 13.2 Å². The zero-order chi connectivity index (χ0) is 72.6. The average molecular weight is 1400 g/mol. The van der Waals surface area contributed by atoms with Crippen LogP contribution in [-0.4, -0.2) is 127 Å². The van der Waals surface area contributed by atoms with E-state index in [-0.39, 0.29) is 38.0 Å². The largest absolute Gasteiger partial charge is 0.455 e. The zero-order valence-electron chi connectivity index (χ0n) is 67.1. The van der Waals surface area contributed by atoms with Gasteiger partial charge < -0.3 is 38.2 Å². The van der Waals surface area contributed by atoms with E-state index in [4.69, 9.17) is 28.4 Å². The van der Waals surface area contributed by atoms with Crippen molar-refractivity contribution in [3.05, 3.63) is 97.2 Å². The second-order valence-electron chi connectivity index (χ2n) is 29.0. The van der Waals surface area contributed by atoms with E-state index in [9.17, 15) is 9.59 Å². The third-order valence-electron chi connectivity index (χ3n) is 18.5. The molecule has 0 aromatic rings. The van der Waals surface area contributed by atoms with E-state index in [1.165, 1.54) is 193 Å². The maximum absolute atomic E-state index is 14.4. The van der Waals surface area contributed by atoms with E-state index >= 15 is 0 Å². The molecule has 0 radical (unpaired) electrons. The molecule has 0 spiro atoms. The van der Waals surface area contributed by atoms with E-state index in [1.54, 1.807) is 0 Å². The van der Waals surface area contributed by atoms with Crippen molar-refractivity contribution in [3.8, 4) is 0 Å². The number of allylic oxidation sites excluding steroid dienone is 16. The lowest BCUT2D eigenvalue weighted by atomic mass is 10.0. The van der Waals surface area contributed by atoms with Gasteiger partial charge in [-0.1, -0.05) is 279 Å². The molecule has 0 amide bonds. The fraction of sp³-hybridized carbons (Fsp3) is 0.800. The maximum atomic E-state index is 14.4. The Morgan fingerprint density at radius 3 is 0.730 bits per heavy atom. The van der Waals surface area contributed by atoms with Crippen molar-refractivity contribution in [1.82, 2.24) is 9.80 Å². The molecule has 0 bridgehead atoms. The summed E-state index contributed by atoms with van der Waals surface area (Å²) in [6, 6.07) is 0. The molecule has 0 N–H and O–H groups in total. The topological polar surface area (TPSA) is 96.0 Å². The van der Waals surface area contributed by atoms with Gasteiger partial charge in [-0.15, -0.1) is 0 Å². The summed E-state index contributed by atoms with van der Waals surface area (Å²) in [6.07, 6.45) is 91.7.